The lowest BCUT2D eigenvalue weighted by Crippen LogP contribution is -2.43. The maximum Gasteiger partial charge on any atom is 0.227 e. The first-order chi connectivity index (χ1) is 7.61. The highest BCUT2D eigenvalue weighted by atomic mass is 16.2. The zero-order valence-electron chi connectivity index (χ0n) is 10.5. The first kappa shape index (κ1) is 11.9. The summed E-state index contributed by atoms with van der Waals surface area (Å²) in [6.07, 6.45) is 4.72. The van der Waals surface area contributed by atoms with E-state index in [1.807, 2.05) is 0 Å². The second kappa shape index (κ2) is 4.74. The van der Waals surface area contributed by atoms with Crippen LogP contribution in [0.5, 0.6) is 0 Å². The van der Waals surface area contributed by atoms with Gasteiger partial charge in [0.1, 0.15) is 0 Å². The largest absolute Gasteiger partial charge is 0.339 e. The molecule has 1 saturated heterocycles. The van der Waals surface area contributed by atoms with E-state index < -0.39 is 0 Å². The zero-order valence-corrected chi connectivity index (χ0v) is 10.5. The minimum absolute atomic E-state index is 0.0550. The van der Waals surface area contributed by atoms with Gasteiger partial charge in [-0.2, -0.15) is 0 Å². The summed E-state index contributed by atoms with van der Waals surface area (Å²) in [7, 11) is 0. The van der Waals surface area contributed by atoms with Gasteiger partial charge >= 0.3 is 0 Å². The summed E-state index contributed by atoms with van der Waals surface area (Å²) in [4.78, 5) is 14.5. The number of carbonyl (C=O) groups is 1. The molecule has 3 unspecified atom stereocenters. The van der Waals surface area contributed by atoms with Crippen LogP contribution in [0.1, 0.15) is 39.5 Å². The van der Waals surface area contributed by atoms with Crippen molar-refractivity contribution in [1.82, 2.24) is 4.90 Å². The molecule has 3 heteroatoms. The normalized spacial score (nSPS) is 30.1. The molecule has 1 saturated carbocycles. The quantitative estimate of drug-likeness (QED) is 0.788. The summed E-state index contributed by atoms with van der Waals surface area (Å²) in [6, 6.07) is 0.540. The predicted molar refractivity (Wildman–Crippen MR) is 64.8 cm³/mol. The minimum Gasteiger partial charge on any atom is -0.339 e. The second-order valence-corrected chi connectivity index (χ2v) is 5.89. The lowest BCUT2D eigenvalue weighted by atomic mass is 9.95. The van der Waals surface area contributed by atoms with E-state index in [2.05, 4.69) is 18.7 Å². The van der Waals surface area contributed by atoms with Gasteiger partial charge in [-0.05, 0) is 37.5 Å². The van der Waals surface area contributed by atoms with Gasteiger partial charge in [-0.15, -0.1) is 0 Å². The molecule has 1 heterocycles. The first-order valence-corrected chi connectivity index (χ1v) is 6.62. The molecule has 2 fully saturated rings. The fourth-order valence-corrected chi connectivity index (χ4v) is 3.30. The highest BCUT2D eigenvalue weighted by Gasteiger charge is 2.41. The lowest BCUT2D eigenvalue weighted by Gasteiger charge is -2.31. The van der Waals surface area contributed by atoms with Gasteiger partial charge in [-0.25, -0.2) is 0 Å². The van der Waals surface area contributed by atoms with E-state index in [9.17, 15) is 4.79 Å². The van der Waals surface area contributed by atoms with Crippen LogP contribution in [0.4, 0.5) is 0 Å². The Morgan fingerprint density at radius 2 is 2.19 bits per heavy atom. The number of nitrogens with two attached hydrogens (primary N) is 1. The van der Waals surface area contributed by atoms with Gasteiger partial charge in [0.2, 0.25) is 5.91 Å². The highest BCUT2D eigenvalue weighted by Crippen LogP contribution is 2.38. The molecule has 0 spiro atoms. The molecule has 3 nitrogen and oxygen atoms in total. The Morgan fingerprint density at radius 3 is 2.62 bits per heavy atom. The SMILES string of the molecule is CC(C)CC(CN)C(=O)N1CC2CCC1C2. The number of hydrogen-bond acceptors (Lipinski definition) is 2. The van der Waals surface area contributed by atoms with E-state index >= 15 is 0 Å². The van der Waals surface area contributed by atoms with Crippen LogP contribution >= 0.6 is 0 Å². The number of amides is 1. The van der Waals surface area contributed by atoms with Crippen molar-refractivity contribution in [2.24, 2.45) is 23.5 Å². The fourth-order valence-electron chi connectivity index (χ4n) is 3.30. The number of piperidine rings is 1. The van der Waals surface area contributed by atoms with Crippen molar-refractivity contribution >= 4 is 5.91 Å². The zero-order chi connectivity index (χ0) is 11.7. The second-order valence-electron chi connectivity index (χ2n) is 5.89. The van der Waals surface area contributed by atoms with E-state index in [0.717, 1.165) is 18.9 Å². The average Bonchev–Trinajstić information content (AvgIpc) is 2.86. The van der Waals surface area contributed by atoms with Crippen LogP contribution in [0, 0.1) is 17.8 Å². The molecule has 0 radical (unpaired) electrons. The fraction of sp³-hybridized carbons (Fsp3) is 0.923. The van der Waals surface area contributed by atoms with Crippen LogP contribution < -0.4 is 5.73 Å². The third-order valence-electron chi connectivity index (χ3n) is 4.08. The maximum absolute atomic E-state index is 12.3. The lowest BCUT2D eigenvalue weighted by molar-refractivity contribution is -0.137. The Labute approximate surface area is 98.4 Å². The van der Waals surface area contributed by atoms with Gasteiger partial charge in [0.15, 0.2) is 0 Å². The van der Waals surface area contributed by atoms with Crippen molar-refractivity contribution in [3.63, 3.8) is 0 Å². The van der Waals surface area contributed by atoms with Crippen LogP contribution in [0.15, 0.2) is 0 Å². The highest BCUT2D eigenvalue weighted by molar-refractivity contribution is 5.79. The van der Waals surface area contributed by atoms with E-state index in [4.69, 9.17) is 5.73 Å². The molecular weight excluding hydrogens is 200 g/mol. The van der Waals surface area contributed by atoms with Crippen LogP contribution in [-0.4, -0.2) is 29.9 Å². The van der Waals surface area contributed by atoms with Crippen molar-refractivity contribution in [3.05, 3.63) is 0 Å². The average molecular weight is 224 g/mol. The Morgan fingerprint density at radius 1 is 1.44 bits per heavy atom. The molecule has 2 bridgehead atoms. The topological polar surface area (TPSA) is 46.3 Å². The Balaban J connectivity index is 1.95. The number of likely N-dealkylation sites (tertiary alicyclic amines) is 1. The molecule has 2 N–H and O–H groups in total. The molecule has 92 valence electrons. The van der Waals surface area contributed by atoms with E-state index in [1.165, 1.54) is 19.3 Å². The number of carbonyl (C=O) groups excluding carboxylic acids is 1. The van der Waals surface area contributed by atoms with Crippen molar-refractivity contribution in [2.45, 2.75) is 45.6 Å². The minimum atomic E-state index is 0.0550. The Bertz CT molecular complexity index is 265. The molecule has 0 aromatic carbocycles. The van der Waals surface area contributed by atoms with Gasteiger partial charge in [0, 0.05) is 19.1 Å². The number of nitrogens with zero attached hydrogens (tertiary/aromatic N) is 1. The van der Waals surface area contributed by atoms with Crippen LogP contribution in [-0.2, 0) is 4.79 Å². The number of rotatable bonds is 4. The van der Waals surface area contributed by atoms with Gasteiger partial charge in [-0.1, -0.05) is 13.8 Å². The molecule has 0 aromatic heterocycles. The summed E-state index contributed by atoms with van der Waals surface area (Å²) in [5.74, 6) is 1.71. The number of hydrogen-bond donors (Lipinski definition) is 1. The van der Waals surface area contributed by atoms with Crippen molar-refractivity contribution in [1.29, 1.82) is 0 Å². The van der Waals surface area contributed by atoms with Crippen molar-refractivity contribution in [3.8, 4) is 0 Å². The summed E-state index contributed by atoms with van der Waals surface area (Å²) in [5, 5.41) is 0. The summed E-state index contributed by atoms with van der Waals surface area (Å²) < 4.78 is 0. The molecule has 0 aromatic rings. The van der Waals surface area contributed by atoms with Crippen molar-refractivity contribution in [2.75, 3.05) is 13.1 Å². The third kappa shape index (κ3) is 2.24. The molecule has 1 aliphatic heterocycles. The van der Waals surface area contributed by atoms with Gasteiger partial charge in [0.25, 0.3) is 0 Å². The van der Waals surface area contributed by atoms with E-state index in [-0.39, 0.29) is 5.92 Å². The van der Waals surface area contributed by atoms with Gasteiger partial charge in [0.05, 0.1) is 5.92 Å². The Hall–Kier alpha value is -0.570. The van der Waals surface area contributed by atoms with Crippen LogP contribution in [0.2, 0.25) is 0 Å². The predicted octanol–water partition coefficient (Wildman–Crippen LogP) is 1.62. The monoisotopic (exact) mass is 224 g/mol. The summed E-state index contributed by atoms with van der Waals surface area (Å²) >= 11 is 0. The van der Waals surface area contributed by atoms with E-state index in [1.54, 1.807) is 0 Å². The first-order valence-electron chi connectivity index (χ1n) is 6.62. The number of fused-ring (bicyclic) bond motifs is 2. The van der Waals surface area contributed by atoms with Crippen LogP contribution in [0.25, 0.3) is 0 Å². The molecule has 16 heavy (non-hydrogen) atoms. The molecular formula is C13H24N2O. The molecule has 3 atom stereocenters. The van der Waals surface area contributed by atoms with E-state index in [0.29, 0.717) is 24.4 Å². The Kier molecular flexibility index (Phi) is 3.53. The molecule has 2 rings (SSSR count). The molecule has 1 aliphatic carbocycles. The summed E-state index contributed by atoms with van der Waals surface area (Å²) in [6.45, 7) is 5.82. The maximum atomic E-state index is 12.3. The van der Waals surface area contributed by atoms with Gasteiger partial charge < -0.3 is 10.6 Å². The summed E-state index contributed by atoms with van der Waals surface area (Å²) in [5.41, 5.74) is 5.74. The van der Waals surface area contributed by atoms with Crippen molar-refractivity contribution < 1.29 is 4.79 Å². The molecule has 2 aliphatic rings. The molecule has 1 amide bonds. The smallest absolute Gasteiger partial charge is 0.227 e. The van der Waals surface area contributed by atoms with Gasteiger partial charge in [-0.3, -0.25) is 4.79 Å². The third-order valence-corrected chi connectivity index (χ3v) is 4.08. The standard InChI is InChI=1S/C13H24N2O/c1-9(2)5-11(7-14)13(16)15-8-10-3-4-12(15)6-10/h9-12H,3-8,14H2,1-2H3. The van der Waals surface area contributed by atoms with Crippen LogP contribution in [0.3, 0.4) is 0 Å².